The van der Waals surface area contributed by atoms with Crippen molar-refractivity contribution in [2.45, 2.75) is 38.3 Å². The molecule has 1 heterocycles. The number of aliphatic hydroxyl groups excluding tert-OH is 1. The average molecular weight is 251 g/mol. The van der Waals surface area contributed by atoms with Crippen molar-refractivity contribution in [1.82, 2.24) is 9.88 Å². The van der Waals surface area contributed by atoms with E-state index in [4.69, 9.17) is 5.73 Å². The molecular weight excluding hydrogens is 226 g/mol. The molecule has 4 nitrogen and oxygen atoms in total. The lowest BCUT2D eigenvalue weighted by atomic mass is 9.95. The highest BCUT2D eigenvalue weighted by Crippen LogP contribution is 2.12. The van der Waals surface area contributed by atoms with Crippen LogP contribution in [0.15, 0.2) is 24.5 Å². The monoisotopic (exact) mass is 251 g/mol. The Morgan fingerprint density at radius 3 is 2.61 bits per heavy atom. The van der Waals surface area contributed by atoms with E-state index in [1.807, 2.05) is 31.5 Å². The number of likely N-dealkylation sites (N-methyl/N-ethyl adjacent to an activating group) is 1. The third-order valence-electron chi connectivity index (χ3n) is 3.38. The molecule has 0 bridgehead atoms. The molecule has 0 saturated carbocycles. The Morgan fingerprint density at radius 2 is 2.06 bits per heavy atom. The molecule has 2 unspecified atom stereocenters. The van der Waals surface area contributed by atoms with Crippen molar-refractivity contribution in [3.8, 4) is 0 Å². The first-order valence-corrected chi connectivity index (χ1v) is 6.43. The second-order valence-corrected chi connectivity index (χ2v) is 5.45. The van der Waals surface area contributed by atoms with Gasteiger partial charge < -0.3 is 15.7 Å². The van der Waals surface area contributed by atoms with Gasteiger partial charge in [0.2, 0.25) is 0 Å². The molecule has 3 N–H and O–H groups in total. The van der Waals surface area contributed by atoms with Crippen molar-refractivity contribution in [2.24, 2.45) is 5.73 Å². The lowest BCUT2D eigenvalue weighted by Gasteiger charge is -2.31. The Kier molecular flexibility index (Phi) is 5.72. The first kappa shape index (κ1) is 15.1. The fourth-order valence-electron chi connectivity index (χ4n) is 1.97. The van der Waals surface area contributed by atoms with Crippen molar-refractivity contribution in [2.75, 3.05) is 20.2 Å². The van der Waals surface area contributed by atoms with Gasteiger partial charge in [0, 0.05) is 30.5 Å². The zero-order chi connectivity index (χ0) is 13.6. The van der Waals surface area contributed by atoms with Crippen LogP contribution in [0.4, 0.5) is 0 Å². The van der Waals surface area contributed by atoms with Crippen molar-refractivity contribution in [1.29, 1.82) is 0 Å². The van der Waals surface area contributed by atoms with Crippen LogP contribution in [0.5, 0.6) is 0 Å². The van der Waals surface area contributed by atoms with Crippen LogP contribution < -0.4 is 5.73 Å². The SMILES string of the molecule is CC(CC(C)(N)CO)N(C)CCc1ccncc1. The van der Waals surface area contributed by atoms with E-state index in [1.165, 1.54) is 5.56 Å². The molecule has 18 heavy (non-hydrogen) atoms. The molecule has 0 aliphatic heterocycles. The highest BCUT2D eigenvalue weighted by molar-refractivity contribution is 5.09. The fraction of sp³-hybridized carbons (Fsp3) is 0.643. The Hall–Kier alpha value is -0.970. The van der Waals surface area contributed by atoms with Gasteiger partial charge in [-0.3, -0.25) is 4.98 Å². The summed E-state index contributed by atoms with van der Waals surface area (Å²) in [7, 11) is 2.10. The van der Waals surface area contributed by atoms with E-state index in [0.29, 0.717) is 6.04 Å². The highest BCUT2D eigenvalue weighted by atomic mass is 16.3. The molecular formula is C14H25N3O. The van der Waals surface area contributed by atoms with Crippen LogP contribution in [0.2, 0.25) is 0 Å². The second-order valence-electron chi connectivity index (χ2n) is 5.45. The molecule has 2 atom stereocenters. The van der Waals surface area contributed by atoms with Gasteiger partial charge in [0.25, 0.3) is 0 Å². The molecule has 0 fully saturated rings. The Morgan fingerprint density at radius 1 is 1.44 bits per heavy atom. The van der Waals surface area contributed by atoms with Crippen LogP contribution in [-0.2, 0) is 6.42 Å². The number of pyridine rings is 1. The number of nitrogens with two attached hydrogens (primary N) is 1. The minimum Gasteiger partial charge on any atom is -0.394 e. The first-order valence-electron chi connectivity index (χ1n) is 6.43. The smallest absolute Gasteiger partial charge is 0.0609 e. The number of hydrogen-bond donors (Lipinski definition) is 2. The molecule has 0 saturated heterocycles. The number of aromatic nitrogens is 1. The molecule has 1 rings (SSSR count). The molecule has 0 aromatic carbocycles. The van der Waals surface area contributed by atoms with E-state index in [-0.39, 0.29) is 6.61 Å². The quantitative estimate of drug-likeness (QED) is 0.760. The van der Waals surface area contributed by atoms with Gasteiger partial charge in [-0.1, -0.05) is 0 Å². The van der Waals surface area contributed by atoms with Gasteiger partial charge in [-0.05, 0) is 51.4 Å². The standard InChI is InChI=1S/C14H25N3O/c1-12(10-14(2,15)11-18)17(3)9-6-13-4-7-16-8-5-13/h4-5,7-8,12,18H,6,9-11,15H2,1-3H3. The molecule has 0 aliphatic rings. The molecule has 102 valence electrons. The zero-order valence-electron chi connectivity index (χ0n) is 11.6. The van der Waals surface area contributed by atoms with Gasteiger partial charge >= 0.3 is 0 Å². The fourth-order valence-corrected chi connectivity index (χ4v) is 1.97. The molecule has 4 heteroatoms. The van der Waals surface area contributed by atoms with Gasteiger partial charge in [0.05, 0.1) is 6.61 Å². The van der Waals surface area contributed by atoms with E-state index < -0.39 is 5.54 Å². The van der Waals surface area contributed by atoms with Crippen molar-refractivity contribution in [3.05, 3.63) is 30.1 Å². The molecule has 1 aromatic heterocycles. The summed E-state index contributed by atoms with van der Waals surface area (Å²) in [6.45, 7) is 5.04. The van der Waals surface area contributed by atoms with Crippen LogP contribution in [0.1, 0.15) is 25.8 Å². The maximum Gasteiger partial charge on any atom is 0.0609 e. The van der Waals surface area contributed by atoms with E-state index in [1.54, 1.807) is 0 Å². The summed E-state index contributed by atoms with van der Waals surface area (Å²) < 4.78 is 0. The number of rotatable bonds is 7. The summed E-state index contributed by atoms with van der Waals surface area (Å²) in [4.78, 5) is 6.29. The number of hydrogen-bond acceptors (Lipinski definition) is 4. The summed E-state index contributed by atoms with van der Waals surface area (Å²) in [5, 5.41) is 9.18. The summed E-state index contributed by atoms with van der Waals surface area (Å²) >= 11 is 0. The minimum atomic E-state index is -0.496. The van der Waals surface area contributed by atoms with E-state index in [9.17, 15) is 5.11 Å². The van der Waals surface area contributed by atoms with Crippen LogP contribution >= 0.6 is 0 Å². The summed E-state index contributed by atoms with van der Waals surface area (Å²) in [5.74, 6) is 0. The van der Waals surface area contributed by atoms with Crippen LogP contribution in [0.3, 0.4) is 0 Å². The van der Waals surface area contributed by atoms with E-state index in [0.717, 1.165) is 19.4 Å². The highest BCUT2D eigenvalue weighted by Gasteiger charge is 2.22. The largest absolute Gasteiger partial charge is 0.394 e. The Balaban J connectivity index is 2.38. The van der Waals surface area contributed by atoms with Crippen molar-refractivity contribution >= 4 is 0 Å². The molecule has 0 aliphatic carbocycles. The average Bonchev–Trinajstić information content (AvgIpc) is 2.36. The predicted octanol–water partition coefficient (Wildman–Crippen LogP) is 1.04. The third-order valence-corrected chi connectivity index (χ3v) is 3.38. The zero-order valence-corrected chi connectivity index (χ0v) is 11.6. The molecule has 1 aromatic rings. The van der Waals surface area contributed by atoms with E-state index in [2.05, 4.69) is 23.9 Å². The summed E-state index contributed by atoms with van der Waals surface area (Å²) in [6, 6.07) is 4.44. The normalized spacial score (nSPS) is 16.6. The Labute approximate surface area is 110 Å². The summed E-state index contributed by atoms with van der Waals surface area (Å²) in [6.07, 6.45) is 5.43. The van der Waals surface area contributed by atoms with Crippen LogP contribution in [-0.4, -0.2) is 46.8 Å². The lowest BCUT2D eigenvalue weighted by Crippen LogP contribution is -2.46. The topological polar surface area (TPSA) is 62.4 Å². The van der Waals surface area contributed by atoms with Gasteiger partial charge in [-0.2, -0.15) is 0 Å². The minimum absolute atomic E-state index is 0.0233. The van der Waals surface area contributed by atoms with Gasteiger partial charge in [-0.15, -0.1) is 0 Å². The van der Waals surface area contributed by atoms with E-state index >= 15 is 0 Å². The van der Waals surface area contributed by atoms with Crippen LogP contribution in [0, 0.1) is 0 Å². The molecule has 0 amide bonds. The number of aliphatic hydroxyl groups is 1. The van der Waals surface area contributed by atoms with Crippen molar-refractivity contribution in [3.63, 3.8) is 0 Å². The van der Waals surface area contributed by atoms with Crippen LogP contribution in [0.25, 0.3) is 0 Å². The summed E-state index contributed by atoms with van der Waals surface area (Å²) in [5.41, 5.74) is 6.77. The lowest BCUT2D eigenvalue weighted by molar-refractivity contribution is 0.154. The van der Waals surface area contributed by atoms with Gasteiger partial charge in [0.1, 0.15) is 0 Å². The number of nitrogens with zero attached hydrogens (tertiary/aromatic N) is 2. The van der Waals surface area contributed by atoms with Crippen molar-refractivity contribution < 1.29 is 5.11 Å². The second kappa shape index (κ2) is 6.83. The Bertz CT molecular complexity index is 340. The predicted molar refractivity (Wildman–Crippen MR) is 74.3 cm³/mol. The van der Waals surface area contributed by atoms with Gasteiger partial charge in [-0.25, -0.2) is 0 Å². The molecule has 0 spiro atoms. The van der Waals surface area contributed by atoms with Gasteiger partial charge in [0.15, 0.2) is 0 Å². The first-order chi connectivity index (χ1) is 8.44. The maximum atomic E-state index is 9.18. The maximum absolute atomic E-state index is 9.18. The third kappa shape index (κ3) is 5.12. The molecule has 0 radical (unpaired) electrons.